The molecule has 0 fully saturated rings. The summed E-state index contributed by atoms with van der Waals surface area (Å²) in [5.41, 5.74) is -1.52. The molecule has 1 atom stereocenters. The maximum absolute atomic E-state index is 12.9. The number of aliphatic hydroxyl groups is 1. The van der Waals surface area contributed by atoms with E-state index in [0.717, 1.165) is 6.92 Å². The summed E-state index contributed by atoms with van der Waals surface area (Å²) in [6.45, 7) is 1.08. The van der Waals surface area contributed by atoms with E-state index in [4.69, 9.17) is 11.6 Å². The van der Waals surface area contributed by atoms with Crippen LogP contribution in [0.15, 0.2) is 24.3 Å². The molecular weight excluding hydrogens is 289 g/mol. The zero-order valence-corrected chi connectivity index (χ0v) is 10.3. The minimum Gasteiger partial charge on any atom is -0.383 e. The average Bonchev–Trinajstić information content (AvgIpc) is 2.06. The van der Waals surface area contributed by atoms with Crippen LogP contribution < -0.4 is 0 Å². The summed E-state index contributed by atoms with van der Waals surface area (Å²) >= 11 is 7.82. The number of halogens is 4. The molecule has 5 heteroatoms. The second-order valence-corrected chi connectivity index (χ2v) is 5.01. The van der Waals surface area contributed by atoms with Gasteiger partial charge in [0.05, 0.1) is 0 Å². The Morgan fingerprint density at radius 1 is 1.33 bits per heavy atom. The van der Waals surface area contributed by atoms with Gasteiger partial charge in [-0.2, -0.15) is 8.78 Å². The van der Waals surface area contributed by atoms with Crippen molar-refractivity contribution in [3.8, 4) is 0 Å². The lowest BCUT2D eigenvalue weighted by Crippen LogP contribution is -2.42. The van der Waals surface area contributed by atoms with E-state index in [-0.39, 0.29) is 6.42 Å². The van der Waals surface area contributed by atoms with Crippen LogP contribution in [0, 0.1) is 0 Å². The number of alkyl halides is 3. The normalized spacial score (nSPS) is 16.1. The Balaban J connectivity index is 2.82. The molecule has 0 saturated carbocycles. The first kappa shape index (κ1) is 12.9. The van der Waals surface area contributed by atoms with E-state index >= 15 is 0 Å². The molecule has 0 spiro atoms. The van der Waals surface area contributed by atoms with E-state index in [1.165, 1.54) is 0 Å². The Morgan fingerprint density at radius 3 is 2.20 bits per heavy atom. The van der Waals surface area contributed by atoms with Gasteiger partial charge in [-0.1, -0.05) is 23.7 Å². The molecule has 0 bridgehead atoms. The molecule has 0 heterocycles. The topological polar surface area (TPSA) is 20.2 Å². The summed E-state index contributed by atoms with van der Waals surface area (Å²) in [7, 11) is 0. The SMILES string of the molecule is CC(O)(Cc1ccc(Cl)cc1)C(F)(F)Br. The summed E-state index contributed by atoms with van der Waals surface area (Å²) in [5, 5.41) is 10.1. The van der Waals surface area contributed by atoms with Gasteiger partial charge in [0.1, 0.15) is 5.60 Å². The summed E-state index contributed by atoms with van der Waals surface area (Å²) in [6.07, 6.45) is -0.150. The van der Waals surface area contributed by atoms with E-state index in [0.29, 0.717) is 10.6 Å². The Labute approximate surface area is 100 Å². The molecule has 1 aromatic carbocycles. The largest absolute Gasteiger partial charge is 0.383 e. The maximum atomic E-state index is 12.9. The highest BCUT2D eigenvalue weighted by Crippen LogP contribution is 2.36. The second-order valence-electron chi connectivity index (χ2n) is 3.57. The zero-order valence-electron chi connectivity index (χ0n) is 7.98. The lowest BCUT2D eigenvalue weighted by Gasteiger charge is -2.28. The molecule has 0 saturated heterocycles. The van der Waals surface area contributed by atoms with E-state index in [9.17, 15) is 13.9 Å². The Hall–Kier alpha value is -0.190. The highest BCUT2D eigenvalue weighted by Gasteiger charge is 2.46. The van der Waals surface area contributed by atoms with Crippen LogP contribution in [0.5, 0.6) is 0 Å². The lowest BCUT2D eigenvalue weighted by molar-refractivity contribution is -0.102. The molecule has 0 aliphatic carbocycles. The standard InChI is InChI=1S/C10H10BrClF2O/c1-9(15,10(11,13)14)6-7-2-4-8(12)5-3-7/h2-5,15H,6H2,1H3. The van der Waals surface area contributed by atoms with Gasteiger partial charge in [-0.05, 0) is 40.5 Å². The van der Waals surface area contributed by atoms with Crippen LogP contribution in [-0.2, 0) is 6.42 Å². The van der Waals surface area contributed by atoms with Crippen molar-refractivity contribution >= 4 is 27.5 Å². The molecule has 84 valence electrons. The Kier molecular flexibility index (Phi) is 3.74. The number of hydrogen-bond acceptors (Lipinski definition) is 1. The van der Waals surface area contributed by atoms with E-state index < -0.39 is 10.4 Å². The molecule has 1 aromatic rings. The van der Waals surface area contributed by atoms with Crippen molar-refractivity contribution in [1.82, 2.24) is 0 Å². The molecule has 15 heavy (non-hydrogen) atoms. The third kappa shape index (κ3) is 3.40. The second kappa shape index (κ2) is 4.36. The molecule has 0 radical (unpaired) electrons. The first-order chi connectivity index (χ1) is 6.72. The van der Waals surface area contributed by atoms with Crippen LogP contribution in [0.2, 0.25) is 5.02 Å². The summed E-state index contributed by atoms with van der Waals surface area (Å²) < 4.78 is 25.8. The smallest absolute Gasteiger partial charge is 0.329 e. The van der Waals surface area contributed by atoms with Crippen molar-refractivity contribution in [1.29, 1.82) is 0 Å². The van der Waals surface area contributed by atoms with Gasteiger partial charge in [0.15, 0.2) is 0 Å². The molecule has 1 nitrogen and oxygen atoms in total. The number of rotatable bonds is 3. The predicted molar refractivity (Wildman–Crippen MR) is 59.7 cm³/mol. The maximum Gasteiger partial charge on any atom is 0.329 e. The van der Waals surface area contributed by atoms with Gasteiger partial charge >= 0.3 is 4.83 Å². The lowest BCUT2D eigenvalue weighted by atomic mass is 9.97. The van der Waals surface area contributed by atoms with Crippen molar-refractivity contribution in [3.63, 3.8) is 0 Å². The first-order valence-electron chi connectivity index (χ1n) is 4.26. The molecule has 1 unspecified atom stereocenters. The predicted octanol–water partition coefficient (Wildman–Crippen LogP) is 3.62. The van der Waals surface area contributed by atoms with Gasteiger partial charge in [-0.3, -0.25) is 0 Å². The molecule has 1 N–H and O–H groups in total. The van der Waals surface area contributed by atoms with Gasteiger partial charge < -0.3 is 5.11 Å². The molecule has 0 aliphatic heterocycles. The summed E-state index contributed by atoms with van der Waals surface area (Å²) in [4.78, 5) is -3.32. The number of hydrogen-bond donors (Lipinski definition) is 1. The minimum absolute atomic E-state index is 0.150. The van der Waals surface area contributed by atoms with Gasteiger partial charge in [0, 0.05) is 11.4 Å². The molecule has 1 rings (SSSR count). The van der Waals surface area contributed by atoms with Gasteiger partial charge in [0.2, 0.25) is 0 Å². The van der Waals surface area contributed by atoms with Crippen LogP contribution >= 0.6 is 27.5 Å². The quantitative estimate of drug-likeness (QED) is 0.845. The molecule has 0 aliphatic rings. The highest BCUT2D eigenvalue weighted by molar-refractivity contribution is 9.10. The van der Waals surface area contributed by atoms with E-state index in [2.05, 4.69) is 15.9 Å². The van der Waals surface area contributed by atoms with Crippen LogP contribution in [0.4, 0.5) is 8.78 Å². The average molecular weight is 300 g/mol. The fraction of sp³-hybridized carbons (Fsp3) is 0.400. The minimum atomic E-state index is -3.32. The van der Waals surface area contributed by atoms with Crippen molar-refractivity contribution in [2.45, 2.75) is 23.8 Å². The van der Waals surface area contributed by atoms with Crippen molar-refractivity contribution < 1.29 is 13.9 Å². The fourth-order valence-corrected chi connectivity index (χ4v) is 1.37. The Morgan fingerprint density at radius 2 is 1.80 bits per heavy atom. The van der Waals surface area contributed by atoms with Crippen LogP contribution in [0.3, 0.4) is 0 Å². The van der Waals surface area contributed by atoms with Crippen molar-refractivity contribution in [2.75, 3.05) is 0 Å². The third-order valence-electron chi connectivity index (χ3n) is 2.07. The zero-order chi connectivity index (χ0) is 11.7. The summed E-state index contributed by atoms with van der Waals surface area (Å²) in [6, 6.07) is 6.41. The monoisotopic (exact) mass is 298 g/mol. The van der Waals surface area contributed by atoms with Gasteiger partial charge in [0.25, 0.3) is 0 Å². The molecule has 0 aromatic heterocycles. The fourth-order valence-electron chi connectivity index (χ4n) is 1.10. The van der Waals surface area contributed by atoms with Crippen LogP contribution in [0.25, 0.3) is 0 Å². The van der Waals surface area contributed by atoms with Crippen molar-refractivity contribution in [3.05, 3.63) is 34.9 Å². The van der Waals surface area contributed by atoms with E-state index in [1.54, 1.807) is 24.3 Å². The molecular formula is C10H10BrClF2O. The first-order valence-corrected chi connectivity index (χ1v) is 5.43. The third-order valence-corrected chi connectivity index (χ3v) is 3.18. The summed E-state index contributed by atoms with van der Waals surface area (Å²) in [5.74, 6) is 0. The van der Waals surface area contributed by atoms with Gasteiger partial charge in [-0.15, -0.1) is 0 Å². The number of benzene rings is 1. The van der Waals surface area contributed by atoms with Gasteiger partial charge in [-0.25, -0.2) is 0 Å². The van der Waals surface area contributed by atoms with Crippen molar-refractivity contribution in [2.24, 2.45) is 0 Å². The Bertz CT molecular complexity index is 332. The molecule has 0 amide bonds. The van der Waals surface area contributed by atoms with Crippen LogP contribution in [-0.4, -0.2) is 15.5 Å². The van der Waals surface area contributed by atoms with E-state index in [1.807, 2.05) is 0 Å². The van der Waals surface area contributed by atoms with Crippen LogP contribution in [0.1, 0.15) is 12.5 Å². The highest BCUT2D eigenvalue weighted by atomic mass is 79.9.